The van der Waals surface area contributed by atoms with Crippen LogP contribution < -0.4 is 5.32 Å². The summed E-state index contributed by atoms with van der Waals surface area (Å²) in [5.74, 6) is 0.799. The van der Waals surface area contributed by atoms with E-state index in [2.05, 4.69) is 35.9 Å². The standard InChI is InChI=1S/C15H29N3O/c1-12(2)18-10-13(3)14(11-18)16-15(19)6-9-17-7-4-5-8-17/h12-14H,4-11H2,1-3H3,(H,16,19)/t13-,14+/m0/s1. The van der Waals surface area contributed by atoms with Crippen molar-refractivity contribution in [3.8, 4) is 0 Å². The highest BCUT2D eigenvalue weighted by Gasteiger charge is 2.31. The maximum absolute atomic E-state index is 12.0. The van der Waals surface area contributed by atoms with E-state index >= 15 is 0 Å². The smallest absolute Gasteiger partial charge is 0.221 e. The zero-order valence-electron chi connectivity index (χ0n) is 12.7. The van der Waals surface area contributed by atoms with E-state index in [9.17, 15) is 4.79 Å². The minimum absolute atomic E-state index is 0.231. The zero-order valence-corrected chi connectivity index (χ0v) is 12.7. The Morgan fingerprint density at radius 3 is 2.53 bits per heavy atom. The number of rotatable bonds is 5. The number of likely N-dealkylation sites (tertiary alicyclic amines) is 2. The molecule has 2 aliphatic heterocycles. The van der Waals surface area contributed by atoms with Crippen LogP contribution >= 0.6 is 0 Å². The van der Waals surface area contributed by atoms with E-state index in [4.69, 9.17) is 0 Å². The van der Waals surface area contributed by atoms with E-state index in [1.807, 2.05) is 0 Å². The molecule has 4 heteroatoms. The third kappa shape index (κ3) is 4.18. The van der Waals surface area contributed by atoms with Gasteiger partial charge in [0.25, 0.3) is 0 Å². The second-order valence-corrected chi connectivity index (χ2v) is 6.50. The molecule has 2 aliphatic rings. The number of carbonyl (C=O) groups excluding carboxylic acids is 1. The Kier molecular flexibility index (Phi) is 5.22. The van der Waals surface area contributed by atoms with Crippen molar-refractivity contribution >= 4 is 5.91 Å². The molecule has 0 saturated carbocycles. The van der Waals surface area contributed by atoms with Gasteiger partial charge in [-0.2, -0.15) is 0 Å². The average Bonchev–Trinajstić information content (AvgIpc) is 2.97. The van der Waals surface area contributed by atoms with Crippen molar-refractivity contribution < 1.29 is 4.79 Å². The van der Waals surface area contributed by atoms with Crippen LogP contribution in [0.3, 0.4) is 0 Å². The monoisotopic (exact) mass is 267 g/mol. The van der Waals surface area contributed by atoms with Gasteiger partial charge in [-0.25, -0.2) is 0 Å². The summed E-state index contributed by atoms with van der Waals surface area (Å²) in [4.78, 5) is 16.9. The Labute approximate surface area is 117 Å². The molecule has 4 nitrogen and oxygen atoms in total. The summed E-state index contributed by atoms with van der Waals surface area (Å²) in [6.45, 7) is 12.1. The summed E-state index contributed by atoms with van der Waals surface area (Å²) in [5.41, 5.74) is 0. The van der Waals surface area contributed by atoms with Gasteiger partial charge in [0, 0.05) is 38.1 Å². The number of carbonyl (C=O) groups is 1. The van der Waals surface area contributed by atoms with Crippen LogP contribution in [0.4, 0.5) is 0 Å². The summed E-state index contributed by atoms with van der Waals surface area (Å²) in [5, 5.41) is 3.23. The van der Waals surface area contributed by atoms with Crippen LogP contribution in [0.5, 0.6) is 0 Å². The lowest BCUT2D eigenvalue weighted by Crippen LogP contribution is -2.41. The van der Waals surface area contributed by atoms with Crippen LogP contribution in [0, 0.1) is 5.92 Å². The van der Waals surface area contributed by atoms with Crippen molar-refractivity contribution in [1.82, 2.24) is 15.1 Å². The SMILES string of the molecule is CC(C)N1C[C@H](C)[C@H](NC(=O)CCN2CCCC2)C1. The Hall–Kier alpha value is -0.610. The quantitative estimate of drug-likeness (QED) is 0.816. The lowest BCUT2D eigenvalue weighted by molar-refractivity contribution is -0.122. The molecule has 2 saturated heterocycles. The fourth-order valence-electron chi connectivity index (χ4n) is 3.16. The number of amides is 1. The Morgan fingerprint density at radius 2 is 1.95 bits per heavy atom. The highest BCUT2D eigenvalue weighted by Crippen LogP contribution is 2.18. The van der Waals surface area contributed by atoms with Crippen LogP contribution in [0.2, 0.25) is 0 Å². The molecular weight excluding hydrogens is 238 g/mol. The second kappa shape index (κ2) is 6.71. The lowest BCUT2D eigenvalue weighted by atomic mass is 10.1. The number of nitrogens with zero attached hydrogens (tertiary/aromatic N) is 2. The van der Waals surface area contributed by atoms with E-state index < -0.39 is 0 Å². The summed E-state index contributed by atoms with van der Waals surface area (Å²) in [6.07, 6.45) is 3.25. The third-order valence-electron chi connectivity index (χ3n) is 4.57. The normalized spacial score (nSPS) is 29.3. The molecule has 2 atom stereocenters. The molecule has 0 aromatic rings. The maximum Gasteiger partial charge on any atom is 0.221 e. The molecule has 0 bridgehead atoms. The second-order valence-electron chi connectivity index (χ2n) is 6.50. The van der Waals surface area contributed by atoms with Gasteiger partial charge in [0.1, 0.15) is 0 Å². The van der Waals surface area contributed by atoms with Gasteiger partial charge in [0.15, 0.2) is 0 Å². The van der Waals surface area contributed by atoms with Gasteiger partial charge >= 0.3 is 0 Å². The van der Waals surface area contributed by atoms with Gasteiger partial charge in [0.2, 0.25) is 5.91 Å². The first-order valence-electron chi connectivity index (χ1n) is 7.82. The van der Waals surface area contributed by atoms with Gasteiger partial charge in [-0.15, -0.1) is 0 Å². The first kappa shape index (κ1) is 14.8. The van der Waals surface area contributed by atoms with E-state index in [0.717, 1.165) is 19.6 Å². The van der Waals surface area contributed by atoms with E-state index in [-0.39, 0.29) is 5.91 Å². The number of nitrogens with one attached hydrogen (secondary N) is 1. The Bertz CT molecular complexity index is 300. The molecule has 19 heavy (non-hydrogen) atoms. The van der Waals surface area contributed by atoms with Crippen molar-refractivity contribution in [2.24, 2.45) is 5.92 Å². The minimum atomic E-state index is 0.231. The topological polar surface area (TPSA) is 35.6 Å². The van der Waals surface area contributed by atoms with Crippen molar-refractivity contribution in [3.63, 3.8) is 0 Å². The summed E-state index contributed by atoms with van der Waals surface area (Å²) in [7, 11) is 0. The molecule has 2 rings (SSSR count). The molecule has 1 amide bonds. The van der Waals surface area contributed by atoms with Crippen LogP contribution in [-0.2, 0) is 4.79 Å². The molecule has 1 N–H and O–H groups in total. The van der Waals surface area contributed by atoms with Crippen molar-refractivity contribution in [2.45, 2.75) is 52.1 Å². The Balaban J connectivity index is 1.69. The molecule has 2 heterocycles. The minimum Gasteiger partial charge on any atom is -0.352 e. The first-order chi connectivity index (χ1) is 9.06. The molecule has 110 valence electrons. The van der Waals surface area contributed by atoms with Crippen LogP contribution in [0.1, 0.15) is 40.0 Å². The highest BCUT2D eigenvalue weighted by atomic mass is 16.1. The van der Waals surface area contributed by atoms with Crippen molar-refractivity contribution in [2.75, 3.05) is 32.7 Å². The van der Waals surface area contributed by atoms with E-state index in [0.29, 0.717) is 24.4 Å². The molecule has 0 aromatic heterocycles. The van der Waals surface area contributed by atoms with E-state index in [1.165, 1.54) is 25.9 Å². The zero-order chi connectivity index (χ0) is 13.8. The van der Waals surface area contributed by atoms with Crippen LogP contribution in [-0.4, -0.2) is 60.5 Å². The van der Waals surface area contributed by atoms with Gasteiger partial charge in [-0.05, 0) is 45.7 Å². The highest BCUT2D eigenvalue weighted by molar-refractivity contribution is 5.76. The number of hydrogen-bond acceptors (Lipinski definition) is 3. The molecule has 2 fully saturated rings. The van der Waals surface area contributed by atoms with Gasteiger partial charge in [0.05, 0.1) is 0 Å². The summed E-state index contributed by atoms with van der Waals surface area (Å²) in [6, 6.07) is 0.919. The number of hydrogen-bond donors (Lipinski definition) is 1. The average molecular weight is 267 g/mol. The van der Waals surface area contributed by atoms with Crippen molar-refractivity contribution in [1.29, 1.82) is 0 Å². The molecule has 0 aromatic carbocycles. The molecule has 0 aliphatic carbocycles. The molecular formula is C15H29N3O. The van der Waals surface area contributed by atoms with E-state index in [1.54, 1.807) is 0 Å². The largest absolute Gasteiger partial charge is 0.352 e. The van der Waals surface area contributed by atoms with Gasteiger partial charge < -0.3 is 10.2 Å². The molecule has 0 unspecified atom stereocenters. The fraction of sp³-hybridized carbons (Fsp3) is 0.933. The lowest BCUT2D eigenvalue weighted by Gasteiger charge is -2.21. The summed E-state index contributed by atoms with van der Waals surface area (Å²) >= 11 is 0. The summed E-state index contributed by atoms with van der Waals surface area (Å²) < 4.78 is 0. The van der Waals surface area contributed by atoms with Crippen LogP contribution in [0.15, 0.2) is 0 Å². The van der Waals surface area contributed by atoms with Crippen molar-refractivity contribution in [3.05, 3.63) is 0 Å². The van der Waals surface area contributed by atoms with Gasteiger partial charge in [-0.3, -0.25) is 9.69 Å². The third-order valence-corrected chi connectivity index (χ3v) is 4.57. The maximum atomic E-state index is 12.0. The fourth-order valence-corrected chi connectivity index (χ4v) is 3.16. The van der Waals surface area contributed by atoms with Gasteiger partial charge in [-0.1, -0.05) is 6.92 Å². The predicted octanol–water partition coefficient (Wildman–Crippen LogP) is 1.32. The molecule has 0 spiro atoms. The first-order valence-corrected chi connectivity index (χ1v) is 7.82. The van der Waals surface area contributed by atoms with Crippen LogP contribution in [0.25, 0.3) is 0 Å². The Morgan fingerprint density at radius 1 is 1.26 bits per heavy atom. The predicted molar refractivity (Wildman–Crippen MR) is 78.1 cm³/mol. The molecule has 0 radical (unpaired) electrons.